The summed E-state index contributed by atoms with van der Waals surface area (Å²) in [6.45, 7) is 4.78. The predicted octanol–water partition coefficient (Wildman–Crippen LogP) is 3.52. The Balaban J connectivity index is 1.74. The molecule has 4 rings (SSSR count). The Morgan fingerprint density at radius 3 is 2.81 bits per heavy atom. The first-order valence-corrected chi connectivity index (χ1v) is 10.1. The molecule has 0 fully saturated rings. The van der Waals surface area contributed by atoms with Crippen LogP contribution in [0.3, 0.4) is 0 Å². The molecule has 0 radical (unpaired) electrons. The molecule has 0 unspecified atom stereocenters. The summed E-state index contributed by atoms with van der Waals surface area (Å²) >= 11 is 0. The SMILES string of the molecule is COc1cc(NC(=O)N2c3nc(-c4ccnc(C)c4)ccc3N(C)CC[C@H]2C)ncn1. The third-order valence-corrected chi connectivity index (χ3v) is 5.31. The smallest absolute Gasteiger partial charge is 0.328 e. The van der Waals surface area contributed by atoms with E-state index < -0.39 is 0 Å². The number of amides is 2. The number of urea groups is 1. The van der Waals surface area contributed by atoms with Gasteiger partial charge in [-0.05, 0) is 44.5 Å². The molecule has 0 aromatic carbocycles. The molecule has 0 saturated carbocycles. The van der Waals surface area contributed by atoms with Gasteiger partial charge in [-0.2, -0.15) is 0 Å². The van der Waals surface area contributed by atoms with Gasteiger partial charge in [0, 0.05) is 43.2 Å². The zero-order chi connectivity index (χ0) is 22.0. The predicted molar refractivity (Wildman–Crippen MR) is 120 cm³/mol. The van der Waals surface area contributed by atoms with E-state index in [9.17, 15) is 4.79 Å². The number of nitrogens with one attached hydrogen (secondary N) is 1. The van der Waals surface area contributed by atoms with Gasteiger partial charge in [-0.25, -0.2) is 19.7 Å². The number of aromatic nitrogens is 4. The summed E-state index contributed by atoms with van der Waals surface area (Å²) in [5.74, 6) is 1.35. The maximum Gasteiger partial charge on any atom is 0.328 e. The number of carbonyl (C=O) groups excluding carboxylic acids is 1. The number of aryl methyl sites for hydroxylation is 1. The van der Waals surface area contributed by atoms with Crippen LogP contribution in [-0.2, 0) is 0 Å². The van der Waals surface area contributed by atoms with Gasteiger partial charge >= 0.3 is 6.03 Å². The Hall–Kier alpha value is -3.75. The summed E-state index contributed by atoms with van der Waals surface area (Å²) < 4.78 is 5.13. The van der Waals surface area contributed by atoms with E-state index in [-0.39, 0.29) is 12.1 Å². The second kappa shape index (κ2) is 8.55. The molecule has 0 bridgehead atoms. The molecule has 1 aliphatic heterocycles. The number of nitrogens with zero attached hydrogens (tertiary/aromatic N) is 6. The molecule has 3 aromatic heterocycles. The topological polar surface area (TPSA) is 96.4 Å². The molecule has 3 aromatic rings. The molecule has 160 valence electrons. The zero-order valence-electron chi connectivity index (χ0n) is 18.0. The van der Waals surface area contributed by atoms with Crippen LogP contribution in [0.1, 0.15) is 19.0 Å². The van der Waals surface area contributed by atoms with E-state index in [4.69, 9.17) is 9.72 Å². The van der Waals surface area contributed by atoms with Crippen molar-refractivity contribution in [3.8, 4) is 17.1 Å². The van der Waals surface area contributed by atoms with E-state index in [2.05, 4.69) is 25.2 Å². The number of anilines is 3. The quantitative estimate of drug-likeness (QED) is 0.694. The summed E-state index contributed by atoms with van der Waals surface area (Å²) in [7, 11) is 3.53. The Morgan fingerprint density at radius 1 is 1.19 bits per heavy atom. The number of carbonyl (C=O) groups is 1. The van der Waals surface area contributed by atoms with Crippen molar-refractivity contribution in [3.05, 3.63) is 48.5 Å². The number of fused-ring (bicyclic) bond motifs is 1. The van der Waals surface area contributed by atoms with Crippen LogP contribution in [0.4, 0.5) is 22.1 Å². The van der Waals surface area contributed by atoms with Gasteiger partial charge in [0.2, 0.25) is 5.88 Å². The van der Waals surface area contributed by atoms with Crippen LogP contribution in [0.15, 0.2) is 42.9 Å². The fourth-order valence-corrected chi connectivity index (χ4v) is 3.61. The first kappa shape index (κ1) is 20.5. The number of ether oxygens (including phenoxy) is 1. The molecule has 0 spiro atoms. The molecule has 0 aliphatic carbocycles. The van der Waals surface area contributed by atoms with Crippen molar-refractivity contribution in [2.45, 2.75) is 26.3 Å². The van der Waals surface area contributed by atoms with E-state index in [0.717, 1.165) is 35.6 Å². The maximum atomic E-state index is 13.3. The third-order valence-electron chi connectivity index (χ3n) is 5.31. The van der Waals surface area contributed by atoms with Crippen molar-refractivity contribution in [3.63, 3.8) is 0 Å². The van der Waals surface area contributed by atoms with Crippen LogP contribution in [0.25, 0.3) is 11.3 Å². The highest BCUT2D eigenvalue weighted by Gasteiger charge is 2.30. The van der Waals surface area contributed by atoms with Crippen molar-refractivity contribution in [1.82, 2.24) is 19.9 Å². The lowest BCUT2D eigenvalue weighted by molar-refractivity contribution is 0.255. The Bertz CT molecular complexity index is 1100. The van der Waals surface area contributed by atoms with E-state index >= 15 is 0 Å². The summed E-state index contributed by atoms with van der Waals surface area (Å²) in [6.07, 6.45) is 3.92. The van der Waals surface area contributed by atoms with E-state index in [0.29, 0.717) is 17.5 Å². The summed E-state index contributed by atoms with van der Waals surface area (Å²) in [5.41, 5.74) is 3.55. The molecule has 1 N–H and O–H groups in total. The van der Waals surface area contributed by atoms with Crippen LogP contribution in [0, 0.1) is 6.92 Å². The highest BCUT2D eigenvalue weighted by atomic mass is 16.5. The molecular weight excluding hydrogens is 394 g/mol. The minimum absolute atomic E-state index is 0.0608. The van der Waals surface area contributed by atoms with Gasteiger partial charge in [0.1, 0.15) is 12.1 Å². The number of rotatable bonds is 3. The van der Waals surface area contributed by atoms with Crippen molar-refractivity contribution in [2.75, 3.05) is 35.8 Å². The average Bonchev–Trinajstić information content (AvgIpc) is 2.89. The summed E-state index contributed by atoms with van der Waals surface area (Å²) in [5, 5.41) is 2.86. The van der Waals surface area contributed by atoms with Crippen LogP contribution in [-0.4, -0.2) is 52.7 Å². The molecule has 4 heterocycles. The lowest BCUT2D eigenvalue weighted by Gasteiger charge is -2.28. The highest BCUT2D eigenvalue weighted by molar-refractivity contribution is 6.03. The van der Waals surface area contributed by atoms with Crippen LogP contribution in [0.2, 0.25) is 0 Å². The van der Waals surface area contributed by atoms with Crippen LogP contribution >= 0.6 is 0 Å². The minimum Gasteiger partial charge on any atom is -0.481 e. The van der Waals surface area contributed by atoms with Gasteiger partial charge < -0.3 is 9.64 Å². The van der Waals surface area contributed by atoms with Gasteiger partial charge in [-0.1, -0.05) is 0 Å². The van der Waals surface area contributed by atoms with Crippen molar-refractivity contribution >= 4 is 23.4 Å². The zero-order valence-corrected chi connectivity index (χ0v) is 18.0. The van der Waals surface area contributed by atoms with Crippen molar-refractivity contribution in [2.24, 2.45) is 0 Å². The number of hydrogen-bond acceptors (Lipinski definition) is 7. The Kier molecular flexibility index (Phi) is 5.66. The van der Waals surface area contributed by atoms with E-state index in [1.807, 2.05) is 45.2 Å². The van der Waals surface area contributed by atoms with E-state index in [1.165, 1.54) is 13.4 Å². The molecule has 2 amide bonds. The number of pyridine rings is 2. The van der Waals surface area contributed by atoms with E-state index in [1.54, 1.807) is 17.2 Å². The van der Waals surface area contributed by atoms with Gasteiger partial charge in [-0.15, -0.1) is 0 Å². The second-order valence-corrected chi connectivity index (χ2v) is 7.53. The van der Waals surface area contributed by atoms with Crippen LogP contribution in [0.5, 0.6) is 5.88 Å². The van der Waals surface area contributed by atoms with Gasteiger partial charge in [0.25, 0.3) is 0 Å². The summed E-state index contributed by atoms with van der Waals surface area (Å²) in [4.78, 5) is 34.4. The number of hydrogen-bond donors (Lipinski definition) is 1. The fraction of sp³-hybridized carbons (Fsp3) is 0.318. The van der Waals surface area contributed by atoms with Gasteiger partial charge in [0.05, 0.1) is 18.5 Å². The monoisotopic (exact) mass is 419 g/mol. The molecule has 31 heavy (non-hydrogen) atoms. The molecule has 1 aliphatic rings. The normalized spacial score (nSPS) is 15.8. The average molecular weight is 419 g/mol. The lowest BCUT2D eigenvalue weighted by Crippen LogP contribution is -2.42. The highest BCUT2D eigenvalue weighted by Crippen LogP contribution is 2.35. The van der Waals surface area contributed by atoms with Crippen molar-refractivity contribution < 1.29 is 9.53 Å². The minimum atomic E-state index is -0.305. The van der Waals surface area contributed by atoms with Crippen LogP contribution < -0.4 is 19.9 Å². The molecule has 1 atom stereocenters. The fourth-order valence-electron chi connectivity index (χ4n) is 3.61. The maximum absolute atomic E-state index is 13.3. The second-order valence-electron chi connectivity index (χ2n) is 7.53. The summed E-state index contributed by atoms with van der Waals surface area (Å²) in [6, 6.07) is 9.11. The molecule has 9 heteroatoms. The lowest BCUT2D eigenvalue weighted by atomic mass is 10.1. The third kappa shape index (κ3) is 4.25. The van der Waals surface area contributed by atoms with Gasteiger partial charge in [-0.3, -0.25) is 15.2 Å². The number of methoxy groups -OCH3 is 1. The Labute approximate surface area is 181 Å². The standard InChI is InChI=1S/C22H25N7O2/c1-14-11-16(7-9-23-14)17-5-6-18-21(26-17)29(15(2)8-10-28(18)3)22(30)27-19-12-20(31-4)25-13-24-19/h5-7,9,11-13,15H,8,10H2,1-4H3,(H,24,25,27,30)/t15-/m1/s1. The Morgan fingerprint density at radius 2 is 2.03 bits per heavy atom. The molecular formula is C22H25N7O2. The first-order valence-electron chi connectivity index (χ1n) is 10.1. The van der Waals surface area contributed by atoms with Crippen molar-refractivity contribution in [1.29, 1.82) is 0 Å². The van der Waals surface area contributed by atoms with Gasteiger partial charge in [0.15, 0.2) is 5.82 Å². The molecule has 0 saturated heterocycles. The largest absolute Gasteiger partial charge is 0.481 e. The first-order chi connectivity index (χ1) is 15.0. The molecule has 9 nitrogen and oxygen atoms in total.